The van der Waals surface area contributed by atoms with Crippen molar-refractivity contribution in [2.24, 2.45) is 0 Å². The molecule has 1 fully saturated rings. The van der Waals surface area contributed by atoms with Gasteiger partial charge in [0, 0.05) is 29.2 Å². The Morgan fingerprint density at radius 2 is 1.63 bits per heavy atom. The van der Waals surface area contributed by atoms with Gasteiger partial charge in [-0.3, -0.25) is 0 Å². The van der Waals surface area contributed by atoms with Gasteiger partial charge in [0.25, 0.3) is 0 Å². The molecule has 1 saturated carbocycles. The predicted octanol–water partition coefficient (Wildman–Crippen LogP) is 3.92. The Morgan fingerprint density at radius 3 is 2.37 bits per heavy atom. The summed E-state index contributed by atoms with van der Waals surface area (Å²) < 4.78 is 0. The lowest BCUT2D eigenvalue weighted by molar-refractivity contribution is 0.708. The Hall–Kier alpha value is -1.25. The van der Waals surface area contributed by atoms with Gasteiger partial charge < -0.3 is 5.32 Å². The average Bonchev–Trinajstić information content (AvgIpc) is 3.25. The first-order valence-electron chi connectivity index (χ1n) is 6.89. The van der Waals surface area contributed by atoms with Crippen LogP contribution in [0.15, 0.2) is 65.6 Å². The summed E-state index contributed by atoms with van der Waals surface area (Å²) in [6.45, 7) is 1.09. The van der Waals surface area contributed by atoms with E-state index < -0.39 is 0 Å². The van der Waals surface area contributed by atoms with Crippen LogP contribution in [0.2, 0.25) is 0 Å². The highest BCUT2D eigenvalue weighted by Crippen LogP contribution is 2.40. The van der Waals surface area contributed by atoms with E-state index in [1.165, 1.54) is 16.9 Å². The molecular formula is C17H19NS. The molecule has 0 heterocycles. The van der Waals surface area contributed by atoms with Crippen molar-refractivity contribution < 1.29 is 0 Å². The van der Waals surface area contributed by atoms with E-state index in [1.54, 1.807) is 0 Å². The summed E-state index contributed by atoms with van der Waals surface area (Å²) in [6, 6.07) is 22.1. The lowest BCUT2D eigenvalue weighted by Gasteiger charge is -2.04. The SMILES string of the molecule is c1ccc(SCCNC2CC2c2ccccc2)cc1. The lowest BCUT2D eigenvalue weighted by atomic mass is 10.1. The van der Waals surface area contributed by atoms with Crippen LogP contribution in [0.3, 0.4) is 0 Å². The molecule has 2 aromatic carbocycles. The van der Waals surface area contributed by atoms with Crippen LogP contribution < -0.4 is 5.32 Å². The maximum atomic E-state index is 3.65. The van der Waals surface area contributed by atoms with Gasteiger partial charge in [-0.15, -0.1) is 11.8 Å². The number of benzene rings is 2. The van der Waals surface area contributed by atoms with Crippen LogP contribution >= 0.6 is 11.8 Å². The number of nitrogens with one attached hydrogen (secondary N) is 1. The van der Waals surface area contributed by atoms with Crippen molar-refractivity contribution in [1.29, 1.82) is 0 Å². The first kappa shape index (κ1) is 12.8. The highest BCUT2D eigenvalue weighted by Gasteiger charge is 2.37. The van der Waals surface area contributed by atoms with Gasteiger partial charge in [0.15, 0.2) is 0 Å². The van der Waals surface area contributed by atoms with Crippen LogP contribution in [0.25, 0.3) is 0 Å². The quantitative estimate of drug-likeness (QED) is 0.630. The van der Waals surface area contributed by atoms with Crippen molar-refractivity contribution >= 4 is 11.8 Å². The number of thioether (sulfide) groups is 1. The Bertz CT molecular complexity index is 497. The van der Waals surface area contributed by atoms with E-state index in [0.29, 0.717) is 6.04 Å². The zero-order chi connectivity index (χ0) is 12.9. The van der Waals surface area contributed by atoms with Gasteiger partial charge in [-0.1, -0.05) is 48.5 Å². The molecule has 1 N–H and O–H groups in total. The molecule has 2 atom stereocenters. The summed E-state index contributed by atoms with van der Waals surface area (Å²) in [5.41, 5.74) is 1.48. The summed E-state index contributed by atoms with van der Waals surface area (Å²) in [6.07, 6.45) is 1.29. The van der Waals surface area contributed by atoms with Crippen LogP contribution in [-0.2, 0) is 0 Å². The molecule has 0 spiro atoms. The fourth-order valence-corrected chi connectivity index (χ4v) is 3.22. The third kappa shape index (κ3) is 3.62. The number of rotatable bonds is 6. The second-order valence-corrected chi connectivity index (χ2v) is 6.14. The summed E-state index contributed by atoms with van der Waals surface area (Å²) >= 11 is 1.92. The molecule has 0 saturated heterocycles. The largest absolute Gasteiger partial charge is 0.313 e. The first-order valence-corrected chi connectivity index (χ1v) is 7.88. The highest BCUT2D eigenvalue weighted by molar-refractivity contribution is 7.99. The molecule has 0 aromatic heterocycles. The predicted molar refractivity (Wildman–Crippen MR) is 82.8 cm³/mol. The summed E-state index contributed by atoms with van der Waals surface area (Å²) in [5.74, 6) is 1.88. The molecular weight excluding hydrogens is 250 g/mol. The maximum absolute atomic E-state index is 3.65. The second kappa shape index (κ2) is 6.27. The van der Waals surface area contributed by atoms with E-state index in [0.717, 1.165) is 18.2 Å². The van der Waals surface area contributed by atoms with E-state index in [-0.39, 0.29) is 0 Å². The Kier molecular flexibility index (Phi) is 4.21. The maximum Gasteiger partial charge on any atom is 0.0143 e. The normalized spacial score (nSPS) is 21.3. The molecule has 2 aromatic rings. The van der Waals surface area contributed by atoms with Crippen molar-refractivity contribution in [1.82, 2.24) is 5.32 Å². The van der Waals surface area contributed by atoms with Crippen molar-refractivity contribution in [3.05, 3.63) is 66.2 Å². The van der Waals surface area contributed by atoms with Gasteiger partial charge in [0.05, 0.1) is 0 Å². The monoisotopic (exact) mass is 269 g/mol. The Labute approximate surface area is 119 Å². The minimum absolute atomic E-state index is 0.693. The van der Waals surface area contributed by atoms with Crippen molar-refractivity contribution in [2.45, 2.75) is 23.3 Å². The first-order chi connectivity index (χ1) is 9.43. The molecule has 0 radical (unpaired) electrons. The Balaban J connectivity index is 1.36. The van der Waals surface area contributed by atoms with E-state index in [9.17, 15) is 0 Å². The van der Waals surface area contributed by atoms with Crippen LogP contribution in [0.5, 0.6) is 0 Å². The van der Waals surface area contributed by atoms with Gasteiger partial charge in [-0.05, 0) is 24.1 Å². The minimum atomic E-state index is 0.693. The van der Waals surface area contributed by atoms with E-state index in [1.807, 2.05) is 11.8 Å². The molecule has 2 heteroatoms. The molecule has 1 nitrogen and oxygen atoms in total. The van der Waals surface area contributed by atoms with Gasteiger partial charge in [-0.25, -0.2) is 0 Å². The molecule has 1 aliphatic rings. The molecule has 19 heavy (non-hydrogen) atoms. The van der Waals surface area contributed by atoms with E-state index in [2.05, 4.69) is 66.0 Å². The number of hydrogen-bond acceptors (Lipinski definition) is 2. The molecule has 3 rings (SSSR count). The van der Waals surface area contributed by atoms with Gasteiger partial charge in [0.2, 0.25) is 0 Å². The standard InChI is InChI=1S/C17H19NS/c1-3-7-14(8-4-1)16-13-17(16)18-11-12-19-15-9-5-2-6-10-15/h1-10,16-18H,11-13H2. The van der Waals surface area contributed by atoms with Gasteiger partial charge in [0.1, 0.15) is 0 Å². The molecule has 0 amide bonds. The molecule has 2 unspecified atom stereocenters. The third-order valence-corrected chi connectivity index (χ3v) is 4.55. The topological polar surface area (TPSA) is 12.0 Å². The van der Waals surface area contributed by atoms with Crippen LogP contribution in [0, 0.1) is 0 Å². The molecule has 1 aliphatic carbocycles. The minimum Gasteiger partial charge on any atom is -0.313 e. The van der Waals surface area contributed by atoms with Crippen molar-refractivity contribution in [3.63, 3.8) is 0 Å². The van der Waals surface area contributed by atoms with Gasteiger partial charge in [-0.2, -0.15) is 0 Å². The lowest BCUT2D eigenvalue weighted by Crippen LogP contribution is -2.20. The number of hydrogen-bond donors (Lipinski definition) is 1. The average molecular weight is 269 g/mol. The van der Waals surface area contributed by atoms with Gasteiger partial charge >= 0.3 is 0 Å². The van der Waals surface area contributed by atoms with Crippen LogP contribution in [0.1, 0.15) is 17.9 Å². The summed E-state index contributed by atoms with van der Waals surface area (Å²) in [4.78, 5) is 1.36. The zero-order valence-corrected chi connectivity index (χ0v) is 11.8. The summed E-state index contributed by atoms with van der Waals surface area (Å²) in [7, 11) is 0. The fourth-order valence-electron chi connectivity index (χ4n) is 2.42. The smallest absolute Gasteiger partial charge is 0.0143 e. The third-order valence-electron chi connectivity index (χ3n) is 3.54. The van der Waals surface area contributed by atoms with Crippen molar-refractivity contribution in [3.8, 4) is 0 Å². The van der Waals surface area contributed by atoms with E-state index >= 15 is 0 Å². The van der Waals surface area contributed by atoms with Crippen LogP contribution in [0.4, 0.5) is 0 Å². The molecule has 0 bridgehead atoms. The molecule has 0 aliphatic heterocycles. The van der Waals surface area contributed by atoms with Crippen molar-refractivity contribution in [2.75, 3.05) is 12.3 Å². The second-order valence-electron chi connectivity index (χ2n) is 4.98. The van der Waals surface area contributed by atoms with E-state index in [4.69, 9.17) is 0 Å². The molecule has 98 valence electrons. The highest BCUT2D eigenvalue weighted by atomic mass is 32.2. The Morgan fingerprint density at radius 1 is 0.947 bits per heavy atom. The fraction of sp³-hybridized carbons (Fsp3) is 0.294. The summed E-state index contributed by atoms with van der Waals surface area (Å²) in [5, 5.41) is 3.65. The van der Waals surface area contributed by atoms with Crippen LogP contribution in [-0.4, -0.2) is 18.3 Å². The zero-order valence-electron chi connectivity index (χ0n) is 11.0.